The first-order valence-electron chi connectivity index (χ1n) is 8.72. The standard InChI is InChI=1S/C17H30N4/c1-14-7-9-20(12-15(14)11-18)13-16-8-10-21(19-16)17-5-3-2-4-6-17/h8,10,14-15,17H,2-7,9,11-13,18H2,1H3. The number of piperidine rings is 1. The summed E-state index contributed by atoms with van der Waals surface area (Å²) in [5.41, 5.74) is 7.13. The van der Waals surface area contributed by atoms with Gasteiger partial charge in [-0.2, -0.15) is 5.10 Å². The fourth-order valence-electron chi connectivity index (χ4n) is 3.91. The fourth-order valence-corrected chi connectivity index (χ4v) is 3.91. The number of aromatic nitrogens is 2. The number of nitrogens with two attached hydrogens (primary N) is 1. The van der Waals surface area contributed by atoms with Gasteiger partial charge in [-0.05, 0) is 50.3 Å². The van der Waals surface area contributed by atoms with Crippen LogP contribution in [0.5, 0.6) is 0 Å². The molecule has 1 aliphatic carbocycles. The molecule has 0 amide bonds. The number of likely N-dealkylation sites (tertiary alicyclic amines) is 1. The average Bonchev–Trinajstić information content (AvgIpc) is 2.98. The van der Waals surface area contributed by atoms with Crippen molar-refractivity contribution in [2.45, 2.75) is 58.0 Å². The van der Waals surface area contributed by atoms with E-state index in [1.807, 2.05) is 0 Å². The zero-order valence-corrected chi connectivity index (χ0v) is 13.4. The molecular formula is C17H30N4. The summed E-state index contributed by atoms with van der Waals surface area (Å²) in [5, 5.41) is 4.84. The van der Waals surface area contributed by atoms with Crippen LogP contribution < -0.4 is 5.73 Å². The summed E-state index contributed by atoms with van der Waals surface area (Å²) in [6.07, 6.45) is 10.2. The summed E-state index contributed by atoms with van der Waals surface area (Å²) in [4.78, 5) is 2.53. The van der Waals surface area contributed by atoms with Gasteiger partial charge in [-0.25, -0.2) is 0 Å². The Hall–Kier alpha value is -0.870. The topological polar surface area (TPSA) is 47.1 Å². The summed E-state index contributed by atoms with van der Waals surface area (Å²) in [6, 6.07) is 2.86. The van der Waals surface area contributed by atoms with Crippen LogP contribution in [-0.2, 0) is 6.54 Å². The lowest BCUT2D eigenvalue weighted by Gasteiger charge is -2.36. The molecule has 1 aromatic rings. The highest BCUT2D eigenvalue weighted by Gasteiger charge is 2.25. The quantitative estimate of drug-likeness (QED) is 0.927. The molecule has 3 rings (SSSR count). The van der Waals surface area contributed by atoms with Crippen molar-refractivity contribution in [1.29, 1.82) is 0 Å². The number of rotatable bonds is 4. The molecule has 0 aromatic carbocycles. The maximum Gasteiger partial charge on any atom is 0.0764 e. The van der Waals surface area contributed by atoms with Gasteiger partial charge in [0, 0.05) is 19.3 Å². The van der Waals surface area contributed by atoms with Crippen molar-refractivity contribution in [3.63, 3.8) is 0 Å². The second-order valence-corrected chi connectivity index (χ2v) is 7.08. The predicted octanol–water partition coefficient (Wildman–Crippen LogP) is 2.81. The molecule has 0 spiro atoms. The third-order valence-corrected chi connectivity index (χ3v) is 5.50. The zero-order chi connectivity index (χ0) is 14.7. The normalized spacial score (nSPS) is 28.9. The van der Waals surface area contributed by atoms with E-state index in [-0.39, 0.29) is 0 Å². The van der Waals surface area contributed by atoms with Crippen LogP contribution in [0.2, 0.25) is 0 Å². The van der Waals surface area contributed by atoms with Gasteiger partial charge in [-0.15, -0.1) is 0 Å². The Balaban J connectivity index is 1.57. The molecule has 0 radical (unpaired) electrons. The molecule has 2 heterocycles. The van der Waals surface area contributed by atoms with Crippen molar-refractivity contribution >= 4 is 0 Å². The minimum Gasteiger partial charge on any atom is -0.330 e. The molecule has 2 N–H and O–H groups in total. The van der Waals surface area contributed by atoms with Crippen molar-refractivity contribution in [2.24, 2.45) is 17.6 Å². The van der Waals surface area contributed by atoms with E-state index in [1.165, 1.54) is 50.8 Å². The minimum absolute atomic E-state index is 0.644. The summed E-state index contributed by atoms with van der Waals surface area (Å²) in [6.45, 7) is 6.46. The molecule has 2 atom stereocenters. The van der Waals surface area contributed by atoms with Gasteiger partial charge in [-0.3, -0.25) is 9.58 Å². The Kier molecular flexibility index (Phi) is 4.96. The van der Waals surface area contributed by atoms with Crippen molar-refractivity contribution in [2.75, 3.05) is 19.6 Å². The van der Waals surface area contributed by atoms with Crippen LogP contribution in [0.25, 0.3) is 0 Å². The SMILES string of the molecule is CC1CCN(Cc2ccn(C3CCCCC3)n2)CC1CN. The van der Waals surface area contributed by atoms with Gasteiger partial charge in [0.1, 0.15) is 0 Å². The highest BCUT2D eigenvalue weighted by Crippen LogP contribution is 2.28. The van der Waals surface area contributed by atoms with E-state index in [1.54, 1.807) is 0 Å². The molecule has 1 aromatic heterocycles. The highest BCUT2D eigenvalue weighted by atomic mass is 15.3. The van der Waals surface area contributed by atoms with Crippen molar-refractivity contribution in [3.8, 4) is 0 Å². The highest BCUT2D eigenvalue weighted by molar-refractivity contribution is 5.00. The average molecular weight is 290 g/mol. The Labute approximate surface area is 128 Å². The third kappa shape index (κ3) is 3.67. The van der Waals surface area contributed by atoms with Gasteiger partial charge in [0.05, 0.1) is 11.7 Å². The van der Waals surface area contributed by atoms with Crippen molar-refractivity contribution in [3.05, 3.63) is 18.0 Å². The molecule has 0 bridgehead atoms. The van der Waals surface area contributed by atoms with Crippen LogP contribution in [-0.4, -0.2) is 34.3 Å². The van der Waals surface area contributed by atoms with Crippen LogP contribution in [0.4, 0.5) is 0 Å². The molecule has 118 valence electrons. The van der Waals surface area contributed by atoms with Crippen LogP contribution in [0.1, 0.15) is 57.2 Å². The van der Waals surface area contributed by atoms with E-state index in [4.69, 9.17) is 10.8 Å². The van der Waals surface area contributed by atoms with Gasteiger partial charge in [0.15, 0.2) is 0 Å². The molecule has 2 fully saturated rings. The Morgan fingerprint density at radius 3 is 2.81 bits per heavy atom. The van der Waals surface area contributed by atoms with Crippen molar-refractivity contribution in [1.82, 2.24) is 14.7 Å². The van der Waals surface area contributed by atoms with E-state index >= 15 is 0 Å². The molecule has 4 heteroatoms. The van der Waals surface area contributed by atoms with Gasteiger partial charge in [0.2, 0.25) is 0 Å². The van der Waals surface area contributed by atoms with E-state index in [0.717, 1.165) is 25.6 Å². The number of nitrogens with zero attached hydrogens (tertiary/aromatic N) is 3. The van der Waals surface area contributed by atoms with E-state index in [0.29, 0.717) is 12.0 Å². The Bertz CT molecular complexity index is 436. The van der Waals surface area contributed by atoms with Crippen LogP contribution >= 0.6 is 0 Å². The lowest BCUT2D eigenvalue weighted by molar-refractivity contribution is 0.124. The van der Waals surface area contributed by atoms with Gasteiger partial charge >= 0.3 is 0 Å². The lowest BCUT2D eigenvalue weighted by atomic mass is 9.87. The van der Waals surface area contributed by atoms with Gasteiger partial charge in [-0.1, -0.05) is 26.2 Å². The predicted molar refractivity (Wildman–Crippen MR) is 86.0 cm³/mol. The van der Waals surface area contributed by atoms with E-state index < -0.39 is 0 Å². The largest absolute Gasteiger partial charge is 0.330 e. The first-order valence-corrected chi connectivity index (χ1v) is 8.72. The number of hydrogen-bond acceptors (Lipinski definition) is 3. The summed E-state index contributed by atoms with van der Waals surface area (Å²) < 4.78 is 2.22. The summed E-state index contributed by atoms with van der Waals surface area (Å²) >= 11 is 0. The monoisotopic (exact) mass is 290 g/mol. The summed E-state index contributed by atoms with van der Waals surface area (Å²) in [5.74, 6) is 1.42. The first kappa shape index (κ1) is 15.0. The molecule has 1 saturated carbocycles. The molecule has 1 saturated heterocycles. The van der Waals surface area contributed by atoms with Gasteiger partial charge in [0.25, 0.3) is 0 Å². The van der Waals surface area contributed by atoms with E-state index in [9.17, 15) is 0 Å². The summed E-state index contributed by atoms with van der Waals surface area (Å²) in [7, 11) is 0. The minimum atomic E-state index is 0.644. The Morgan fingerprint density at radius 2 is 2.05 bits per heavy atom. The van der Waals surface area contributed by atoms with Crippen molar-refractivity contribution < 1.29 is 0 Å². The van der Waals surface area contributed by atoms with Crippen LogP contribution in [0.3, 0.4) is 0 Å². The van der Waals surface area contributed by atoms with Crippen LogP contribution in [0, 0.1) is 11.8 Å². The van der Waals surface area contributed by atoms with Gasteiger partial charge < -0.3 is 5.73 Å². The molecule has 1 aliphatic heterocycles. The fraction of sp³-hybridized carbons (Fsp3) is 0.824. The smallest absolute Gasteiger partial charge is 0.0764 e. The molecule has 2 aliphatic rings. The number of hydrogen-bond donors (Lipinski definition) is 1. The molecule has 4 nitrogen and oxygen atoms in total. The second kappa shape index (κ2) is 6.93. The molecule has 21 heavy (non-hydrogen) atoms. The van der Waals surface area contributed by atoms with E-state index in [2.05, 4.69) is 28.8 Å². The maximum atomic E-state index is 5.90. The lowest BCUT2D eigenvalue weighted by Crippen LogP contribution is -2.42. The van der Waals surface area contributed by atoms with Crippen LogP contribution in [0.15, 0.2) is 12.3 Å². The zero-order valence-electron chi connectivity index (χ0n) is 13.4. The second-order valence-electron chi connectivity index (χ2n) is 7.08. The Morgan fingerprint density at radius 1 is 1.24 bits per heavy atom. The molecule has 2 unspecified atom stereocenters. The maximum absolute atomic E-state index is 5.90. The third-order valence-electron chi connectivity index (χ3n) is 5.50. The molecular weight excluding hydrogens is 260 g/mol. The first-order chi connectivity index (χ1) is 10.3.